The Morgan fingerprint density at radius 2 is 1.83 bits per heavy atom. The van der Waals surface area contributed by atoms with E-state index in [0.717, 1.165) is 44.8 Å². The molecule has 6 heteroatoms. The molecule has 3 heterocycles. The van der Waals surface area contributed by atoms with Crippen LogP contribution in [-0.4, -0.2) is 60.2 Å². The van der Waals surface area contributed by atoms with Crippen LogP contribution in [0.1, 0.15) is 43.7 Å². The van der Waals surface area contributed by atoms with E-state index in [-0.39, 0.29) is 0 Å². The highest BCUT2D eigenvalue weighted by atomic mass is 16.5. The third-order valence-corrected chi connectivity index (χ3v) is 5.44. The molecule has 24 heavy (non-hydrogen) atoms. The molecular formula is C18H26N4O2. The zero-order chi connectivity index (χ0) is 16.4. The van der Waals surface area contributed by atoms with Crippen LogP contribution in [0.5, 0.6) is 0 Å². The molecule has 2 saturated heterocycles. The van der Waals surface area contributed by atoms with Gasteiger partial charge in [-0.2, -0.15) is 0 Å². The van der Waals surface area contributed by atoms with Crippen LogP contribution in [0.4, 0.5) is 5.82 Å². The second kappa shape index (κ2) is 7.05. The van der Waals surface area contributed by atoms with Gasteiger partial charge in [-0.25, -0.2) is 9.97 Å². The predicted molar refractivity (Wildman–Crippen MR) is 91.0 cm³/mol. The van der Waals surface area contributed by atoms with Gasteiger partial charge in [0.25, 0.3) is 0 Å². The molecule has 0 radical (unpaired) electrons. The summed E-state index contributed by atoms with van der Waals surface area (Å²) in [5.74, 6) is 2.52. The van der Waals surface area contributed by atoms with E-state index < -0.39 is 0 Å². The minimum Gasteiger partial charge on any atom is -0.378 e. The van der Waals surface area contributed by atoms with E-state index in [4.69, 9.17) is 4.74 Å². The number of amides is 1. The van der Waals surface area contributed by atoms with Crippen LogP contribution >= 0.6 is 0 Å². The number of nitrogens with zero attached hydrogens (tertiary/aromatic N) is 4. The summed E-state index contributed by atoms with van der Waals surface area (Å²) in [5, 5.41) is 0. The Balaban J connectivity index is 1.28. The van der Waals surface area contributed by atoms with Crippen LogP contribution in [0.25, 0.3) is 0 Å². The first kappa shape index (κ1) is 15.8. The summed E-state index contributed by atoms with van der Waals surface area (Å²) in [6.07, 6.45) is 7.06. The average molecular weight is 330 g/mol. The topological polar surface area (TPSA) is 58.6 Å². The van der Waals surface area contributed by atoms with E-state index in [0.29, 0.717) is 37.4 Å². The van der Waals surface area contributed by atoms with Crippen LogP contribution in [0.3, 0.4) is 0 Å². The number of rotatable bonds is 4. The van der Waals surface area contributed by atoms with Gasteiger partial charge in [0.1, 0.15) is 12.1 Å². The Kier molecular flexibility index (Phi) is 4.65. The van der Waals surface area contributed by atoms with E-state index in [1.54, 1.807) is 6.33 Å². The van der Waals surface area contributed by atoms with Gasteiger partial charge >= 0.3 is 0 Å². The lowest BCUT2D eigenvalue weighted by Gasteiger charge is -2.34. The number of carbonyl (C=O) groups is 1. The molecule has 4 rings (SSSR count). The normalized spacial score (nSPS) is 22.7. The Morgan fingerprint density at radius 1 is 1.08 bits per heavy atom. The highest BCUT2D eigenvalue weighted by molar-refractivity contribution is 5.76. The molecule has 0 N–H and O–H groups in total. The van der Waals surface area contributed by atoms with Crippen molar-refractivity contribution in [3.8, 4) is 0 Å². The lowest BCUT2D eigenvalue weighted by molar-refractivity contribution is -0.136. The van der Waals surface area contributed by atoms with Gasteiger partial charge in [0.15, 0.2) is 0 Å². The summed E-state index contributed by atoms with van der Waals surface area (Å²) in [5.41, 5.74) is 1.20. The molecule has 0 spiro atoms. The molecule has 1 aromatic rings. The average Bonchev–Trinajstić information content (AvgIpc) is 3.48. The SMILES string of the molecule is O=C(CC1CCN(c2cc(C3CC3)ncn2)CC1)N1CCOCC1. The largest absolute Gasteiger partial charge is 0.378 e. The number of ether oxygens (including phenoxy) is 1. The fourth-order valence-corrected chi connectivity index (χ4v) is 3.69. The summed E-state index contributed by atoms with van der Waals surface area (Å²) in [4.78, 5) is 25.6. The maximum absolute atomic E-state index is 12.4. The molecular weight excluding hydrogens is 304 g/mol. The van der Waals surface area contributed by atoms with Gasteiger partial charge in [-0.15, -0.1) is 0 Å². The fourth-order valence-electron chi connectivity index (χ4n) is 3.69. The molecule has 1 saturated carbocycles. The van der Waals surface area contributed by atoms with E-state index in [9.17, 15) is 4.79 Å². The maximum atomic E-state index is 12.4. The third-order valence-electron chi connectivity index (χ3n) is 5.44. The van der Waals surface area contributed by atoms with Gasteiger partial charge in [0.2, 0.25) is 5.91 Å². The molecule has 1 aliphatic carbocycles. The van der Waals surface area contributed by atoms with Gasteiger partial charge in [-0.05, 0) is 31.6 Å². The van der Waals surface area contributed by atoms with Crippen molar-refractivity contribution >= 4 is 11.7 Å². The second-order valence-electron chi connectivity index (χ2n) is 7.20. The van der Waals surface area contributed by atoms with Crippen molar-refractivity contribution in [2.24, 2.45) is 5.92 Å². The molecule has 3 fully saturated rings. The van der Waals surface area contributed by atoms with E-state index in [1.807, 2.05) is 4.90 Å². The number of carbonyl (C=O) groups excluding carboxylic acids is 1. The molecule has 0 bridgehead atoms. The summed E-state index contributed by atoms with van der Waals surface area (Å²) in [6, 6.07) is 2.16. The number of aromatic nitrogens is 2. The highest BCUT2D eigenvalue weighted by Crippen LogP contribution is 2.39. The Hall–Kier alpha value is -1.69. The van der Waals surface area contributed by atoms with Crippen LogP contribution < -0.4 is 4.90 Å². The van der Waals surface area contributed by atoms with Gasteiger partial charge in [0.05, 0.1) is 13.2 Å². The lowest BCUT2D eigenvalue weighted by atomic mass is 9.93. The second-order valence-corrected chi connectivity index (χ2v) is 7.20. The van der Waals surface area contributed by atoms with E-state index in [1.165, 1.54) is 18.5 Å². The maximum Gasteiger partial charge on any atom is 0.223 e. The van der Waals surface area contributed by atoms with Crippen LogP contribution in [0, 0.1) is 5.92 Å². The van der Waals surface area contributed by atoms with Crippen molar-refractivity contribution in [3.05, 3.63) is 18.1 Å². The Labute approximate surface area is 143 Å². The molecule has 2 aliphatic heterocycles. The van der Waals surface area contributed by atoms with Crippen molar-refractivity contribution in [2.45, 2.75) is 38.0 Å². The van der Waals surface area contributed by atoms with Crippen molar-refractivity contribution in [3.63, 3.8) is 0 Å². The zero-order valence-electron chi connectivity index (χ0n) is 14.2. The van der Waals surface area contributed by atoms with E-state index in [2.05, 4.69) is 20.9 Å². The molecule has 0 unspecified atom stereocenters. The summed E-state index contributed by atoms with van der Waals surface area (Å²) in [6.45, 7) is 4.85. The van der Waals surface area contributed by atoms with Crippen molar-refractivity contribution in [2.75, 3.05) is 44.3 Å². The fraction of sp³-hybridized carbons (Fsp3) is 0.722. The standard InChI is InChI=1S/C18H26N4O2/c23-18(22-7-9-24-10-8-22)11-14-3-5-21(6-4-14)17-12-16(15-1-2-15)19-13-20-17/h12-15H,1-11H2. The molecule has 1 aromatic heterocycles. The van der Waals surface area contributed by atoms with Gasteiger partial charge in [-0.1, -0.05) is 0 Å². The number of piperidine rings is 1. The Morgan fingerprint density at radius 3 is 2.54 bits per heavy atom. The zero-order valence-corrected chi connectivity index (χ0v) is 14.2. The van der Waals surface area contributed by atoms with Gasteiger partial charge in [0, 0.05) is 50.3 Å². The van der Waals surface area contributed by atoms with Crippen molar-refractivity contribution < 1.29 is 9.53 Å². The first-order valence-corrected chi connectivity index (χ1v) is 9.22. The van der Waals surface area contributed by atoms with Crippen LogP contribution in [-0.2, 0) is 9.53 Å². The monoisotopic (exact) mass is 330 g/mol. The van der Waals surface area contributed by atoms with E-state index >= 15 is 0 Å². The van der Waals surface area contributed by atoms with Gasteiger partial charge < -0.3 is 14.5 Å². The summed E-state index contributed by atoms with van der Waals surface area (Å²) in [7, 11) is 0. The smallest absolute Gasteiger partial charge is 0.223 e. The minimum absolute atomic E-state index is 0.301. The summed E-state index contributed by atoms with van der Waals surface area (Å²) < 4.78 is 5.32. The predicted octanol–water partition coefficient (Wildman–Crippen LogP) is 1.82. The number of hydrogen-bond acceptors (Lipinski definition) is 5. The minimum atomic E-state index is 0.301. The number of hydrogen-bond donors (Lipinski definition) is 0. The first-order chi connectivity index (χ1) is 11.8. The molecule has 3 aliphatic rings. The molecule has 6 nitrogen and oxygen atoms in total. The number of anilines is 1. The lowest BCUT2D eigenvalue weighted by Crippen LogP contribution is -2.42. The quantitative estimate of drug-likeness (QED) is 0.843. The molecule has 130 valence electrons. The number of morpholine rings is 1. The highest BCUT2D eigenvalue weighted by Gasteiger charge is 2.28. The summed E-state index contributed by atoms with van der Waals surface area (Å²) >= 11 is 0. The van der Waals surface area contributed by atoms with Crippen molar-refractivity contribution in [1.82, 2.24) is 14.9 Å². The van der Waals surface area contributed by atoms with Crippen molar-refractivity contribution in [1.29, 1.82) is 0 Å². The molecule has 0 aromatic carbocycles. The first-order valence-electron chi connectivity index (χ1n) is 9.22. The molecule has 1 amide bonds. The molecule has 0 atom stereocenters. The third kappa shape index (κ3) is 3.69. The van der Waals surface area contributed by atoms with Crippen LogP contribution in [0.15, 0.2) is 12.4 Å². The Bertz CT molecular complexity index is 576. The van der Waals surface area contributed by atoms with Gasteiger partial charge in [-0.3, -0.25) is 4.79 Å². The van der Waals surface area contributed by atoms with Crippen LogP contribution in [0.2, 0.25) is 0 Å².